The van der Waals surface area contributed by atoms with Crippen LogP contribution in [0.1, 0.15) is 11.3 Å². The molecule has 0 N–H and O–H groups in total. The third kappa shape index (κ3) is 1.60. The van der Waals surface area contributed by atoms with E-state index in [9.17, 15) is 0 Å². The Hall–Kier alpha value is -1.29. The number of nitrogens with zero attached hydrogens (tertiary/aromatic N) is 1. The largest absolute Gasteiger partial charge is 0.260 e. The lowest BCUT2D eigenvalue weighted by atomic mass is 10.2. The van der Waals surface area contributed by atoms with Gasteiger partial charge in [0.05, 0.1) is 12.1 Å². The molecule has 0 bridgehead atoms. The van der Waals surface area contributed by atoms with Gasteiger partial charge in [0.2, 0.25) is 0 Å². The highest BCUT2D eigenvalue weighted by Gasteiger charge is 1.88. The molecule has 1 heterocycles. The van der Waals surface area contributed by atoms with Crippen molar-refractivity contribution < 1.29 is 0 Å². The minimum absolute atomic E-state index is 0.625. The van der Waals surface area contributed by atoms with Gasteiger partial charge < -0.3 is 0 Å². The molecule has 1 aromatic rings. The maximum absolute atomic E-state index is 5.11. The van der Waals surface area contributed by atoms with Gasteiger partial charge in [-0.2, -0.15) is 0 Å². The molecule has 1 rings (SSSR count). The lowest BCUT2D eigenvalue weighted by Gasteiger charge is -1.93. The van der Waals surface area contributed by atoms with E-state index in [1.54, 1.807) is 0 Å². The SMILES string of the molecule is C#CCc1ccc(C)cn1. The third-order valence-electron chi connectivity index (χ3n) is 1.26. The third-order valence-corrected chi connectivity index (χ3v) is 1.26. The molecule has 0 aliphatic carbocycles. The summed E-state index contributed by atoms with van der Waals surface area (Å²) >= 11 is 0. The van der Waals surface area contributed by atoms with E-state index in [2.05, 4.69) is 10.9 Å². The highest BCUT2D eigenvalue weighted by molar-refractivity contribution is 5.15. The zero-order valence-electron chi connectivity index (χ0n) is 5.96. The van der Waals surface area contributed by atoms with Gasteiger partial charge >= 0.3 is 0 Å². The molecule has 1 heteroatoms. The summed E-state index contributed by atoms with van der Waals surface area (Å²) in [7, 11) is 0. The van der Waals surface area contributed by atoms with Crippen molar-refractivity contribution in [3.8, 4) is 12.3 Å². The molecule has 0 aliphatic heterocycles. The molecular weight excluding hydrogens is 122 g/mol. The molecule has 0 unspecified atom stereocenters. The molecule has 1 aromatic heterocycles. The van der Waals surface area contributed by atoms with Gasteiger partial charge in [0.1, 0.15) is 0 Å². The number of aromatic nitrogens is 1. The summed E-state index contributed by atoms with van der Waals surface area (Å²) in [5.41, 5.74) is 2.13. The van der Waals surface area contributed by atoms with Crippen LogP contribution in [0.5, 0.6) is 0 Å². The second-order valence-corrected chi connectivity index (χ2v) is 2.21. The smallest absolute Gasteiger partial charge is 0.0522 e. The molecule has 0 spiro atoms. The molecule has 10 heavy (non-hydrogen) atoms. The summed E-state index contributed by atoms with van der Waals surface area (Å²) in [5.74, 6) is 2.54. The predicted octanol–water partition coefficient (Wildman–Crippen LogP) is 1.57. The van der Waals surface area contributed by atoms with Gasteiger partial charge in [-0.3, -0.25) is 4.98 Å². The first-order chi connectivity index (χ1) is 4.83. The van der Waals surface area contributed by atoms with Crippen molar-refractivity contribution in [1.82, 2.24) is 4.98 Å². The Bertz CT molecular complexity index is 240. The molecule has 0 amide bonds. The fourth-order valence-electron chi connectivity index (χ4n) is 0.708. The molecule has 50 valence electrons. The van der Waals surface area contributed by atoms with Gasteiger partial charge in [-0.05, 0) is 18.6 Å². The second-order valence-electron chi connectivity index (χ2n) is 2.21. The molecule has 0 saturated carbocycles. The zero-order chi connectivity index (χ0) is 7.40. The summed E-state index contributed by atoms with van der Waals surface area (Å²) in [4.78, 5) is 4.13. The van der Waals surface area contributed by atoms with Crippen LogP contribution >= 0.6 is 0 Å². The van der Waals surface area contributed by atoms with E-state index in [-0.39, 0.29) is 0 Å². The zero-order valence-corrected chi connectivity index (χ0v) is 5.96. The predicted molar refractivity (Wildman–Crippen MR) is 41.5 cm³/mol. The van der Waals surface area contributed by atoms with Crippen molar-refractivity contribution in [3.63, 3.8) is 0 Å². The Morgan fingerprint density at radius 3 is 2.90 bits per heavy atom. The Labute approximate surface area is 61.1 Å². The molecule has 0 atom stereocenters. The van der Waals surface area contributed by atoms with Crippen molar-refractivity contribution in [3.05, 3.63) is 29.6 Å². The van der Waals surface area contributed by atoms with Crippen LogP contribution in [0.25, 0.3) is 0 Å². The Morgan fingerprint density at radius 1 is 1.60 bits per heavy atom. The van der Waals surface area contributed by atoms with Crippen LogP contribution in [0.2, 0.25) is 0 Å². The van der Waals surface area contributed by atoms with Crippen molar-refractivity contribution in [2.45, 2.75) is 13.3 Å². The van der Waals surface area contributed by atoms with E-state index in [4.69, 9.17) is 6.42 Å². The maximum Gasteiger partial charge on any atom is 0.0522 e. The summed E-state index contributed by atoms with van der Waals surface area (Å²) in [6, 6.07) is 3.97. The van der Waals surface area contributed by atoms with E-state index in [1.165, 1.54) is 5.56 Å². The highest BCUT2D eigenvalue weighted by Crippen LogP contribution is 1.97. The van der Waals surface area contributed by atoms with Crippen molar-refractivity contribution in [2.24, 2.45) is 0 Å². The number of rotatable bonds is 1. The van der Waals surface area contributed by atoms with E-state index in [0.29, 0.717) is 6.42 Å². The molecule has 0 saturated heterocycles. The van der Waals surface area contributed by atoms with Crippen molar-refractivity contribution in [2.75, 3.05) is 0 Å². The molecule has 1 nitrogen and oxygen atoms in total. The minimum atomic E-state index is 0.625. The fraction of sp³-hybridized carbons (Fsp3) is 0.222. The average molecular weight is 131 g/mol. The fourth-order valence-corrected chi connectivity index (χ4v) is 0.708. The average Bonchev–Trinajstić information content (AvgIpc) is 1.95. The van der Waals surface area contributed by atoms with Gasteiger partial charge in [0.25, 0.3) is 0 Å². The van der Waals surface area contributed by atoms with Crippen LogP contribution in [0.15, 0.2) is 18.3 Å². The summed E-state index contributed by atoms with van der Waals surface area (Å²) in [6.45, 7) is 2.01. The van der Waals surface area contributed by atoms with Crippen LogP contribution in [-0.2, 0) is 6.42 Å². The summed E-state index contributed by atoms with van der Waals surface area (Å²) < 4.78 is 0. The normalized spacial score (nSPS) is 8.80. The molecule has 0 aliphatic rings. The number of pyridine rings is 1. The van der Waals surface area contributed by atoms with Crippen LogP contribution in [0.3, 0.4) is 0 Å². The van der Waals surface area contributed by atoms with Gasteiger partial charge in [-0.1, -0.05) is 6.07 Å². The lowest BCUT2D eigenvalue weighted by molar-refractivity contribution is 1.11. The van der Waals surface area contributed by atoms with Gasteiger partial charge in [0.15, 0.2) is 0 Å². The van der Waals surface area contributed by atoms with E-state index >= 15 is 0 Å². The lowest BCUT2D eigenvalue weighted by Crippen LogP contribution is -1.86. The second kappa shape index (κ2) is 3.03. The standard InChI is InChI=1S/C9H9N/c1-3-4-9-6-5-8(2)7-10-9/h1,5-7H,4H2,2H3. The van der Waals surface area contributed by atoms with Crippen molar-refractivity contribution in [1.29, 1.82) is 0 Å². The first-order valence-corrected chi connectivity index (χ1v) is 3.18. The molecule has 0 radical (unpaired) electrons. The topological polar surface area (TPSA) is 12.9 Å². The Kier molecular flexibility index (Phi) is 2.07. The van der Waals surface area contributed by atoms with E-state index in [1.807, 2.05) is 25.3 Å². The van der Waals surface area contributed by atoms with Gasteiger partial charge in [-0.15, -0.1) is 12.3 Å². The highest BCUT2D eigenvalue weighted by atomic mass is 14.7. The summed E-state index contributed by atoms with van der Waals surface area (Å²) in [5, 5.41) is 0. The Morgan fingerprint density at radius 2 is 2.40 bits per heavy atom. The van der Waals surface area contributed by atoms with Crippen LogP contribution in [0.4, 0.5) is 0 Å². The van der Waals surface area contributed by atoms with Crippen LogP contribution in [0, 0.1) is 19.3 Å². The first-order valence-electron chi connectivity index (χ1n) is 3.18. The monoisotopic (exact) mass is 131 g/mol. The number of hydrogen-bond donors (Lipinski definition) is 0. The van der Waals surface area contributed by atoms with Gasteiger partial charge in [-0.25, -0.2) is 0 Å². The van der Waals surface area contributed by atoms with Crippen molar-refractivity contribution >= 4 is 0 Å². The number of aryl methyl sites for hydroxylation is 1. The van der Waals surface area contributed by atoms with Crippen LogP contribution in [-0.4, -0.2) is 4.98 Å². The summed E-state index contributed by atoms with van der Waals surface area (Å²) in [6.07, 6.45) is 7.56. The molecule has 0 aromatic carbocycles. The minimum Gasteiger partial charge on any atom is -0.260 e. The maximum atomic E-state index is 5.11. The number of hydrogen-bond acceptors (Lipinski definition) is 1. The number of terminal acetylenes is 1. The van der Waals surface area contributed by atoms with E-state index in [0.717, 1.165) is 5.69 Å². The molecule has 0 fully saturated rings. The molecular formula is C9H9N. The quantitative estimate of drug-likeness (QED) is 0.527. The van der Waals surface area contributed by atoms with Gasteiger partial charge in [0, 0.05) is 6.20 Å². The van der Waals surface area contributed by atoms with E-state index < -0.39 is 0 Å². The first kappa shape index (κ1) is 6.82. The Balaban J connectivity index is 2.81. The van der Waals surface area contributed by atoms with Crippen LogP contribution < -0.4 is 0 Å².